The fraction of sp³-hybridized carbons (Fsp3) is 0.400. The number of fused-ring (bicyclic) bond motifs is 1. The third-order valence-electron chi connectivity index (χ3n) is 4.04. The lowest BCUT2D eigenvalue weighted by molar-refractivity contribution is 0.422. The van der Waals surface area contributed by atoms with E-state index in [9.17, 15) is 0 Å². The quantitative estimate of drug-likeness (QED) is 0.936. The minimum absolute atomic E-state index is 0.0534. The summed E-state index contributed by atoms with van der Waals surface area (Å²) in [7, 11) is 0. The number of benzene rings is 1. The topological polar surface area (TPSA) is 43.8 Å². The van der Waals surface area contributed by atoms with E-state index in [1.165, 1.54) is 11.1 Å². The van der Waals surface area contributed by atoms with Gasteiger partial charge in [-0.15, -0.1) is 0 Å². The van der Waals surface area contributed by atoms with Crippen molar-refractivity contribution < 1.29 is 0 Å². The average molecular weight is 276 g/mol. The molecule has 1 unspecified atom stereocenters. The van der Waals surface area contributed by atoms with Crippen LogP contribution in [-0.2, 0) is 19.4 Å². The third-order valence-corrected chi connectivity index (χ3v) is 4.33. The maximum absolute atomic E-state index is 6.46. The molecule has 0 amide bonds. The monoisotopic (exact) mass is 275 g/mol. The van der Waals surface area contributed by atoms with Crippen LogP contribution in [0.1, 0.15) is 29.8 Å². The van der Waals surface area contributed by atoms with Crippen molar-refractivity contribution in [2.45, 2.75) is 32.4 Å². The molecule has 0 saturated heterocycles. The van der Waals surface area contributed by atoms with Crippen molar-refractivity contribution in [2.75, 3.05) is 0 Å². The maximum Gasteiger partial charge on any atom is 0.0834 e. The molecule has 4 heteroatoms. The molecule has 3 nitrogen and oxygen atoms in total. The van der Waals surface area contributed by atoms with E-state index >= 15 is 0 Å². The minimum Gasteiger partial charge on any atom is -0.322 e. The van der Waals surface area contributed by atoms with Gasteiger partial charge in [0, 0.05) is 6.54 Å². The Bertz CT molecular complexity index is 566. The first-order valence-corrected chi connectivity index (χ1v) is 7.12. The van der Waals surface area contributed by atoms with E-state index in [1.54, 1.807) is 6.20 Å². The van der Waals surface area contributed by atoms with Crippen LogP contribution in [0.4, 0.5) is 0 Å². The molecule has 19 heavy (non-hydrogen) atoms. The van der Waals surface area contributed by atoms with E-state index < -0.39 is 0 Å². The van der Waals surface area contributed by atoms with Gasteiger partial charge in [-0.1, -0.05) is 35.9 Å². The summed E-state index contributed by atoms with van der Waals surface area (Å²) in [5.74, 6) is 0.414. The van der Waals surface area contributed by atoms with Crippen molar-refractivity contribution >= 4 is 11.6 Å². The fourth-order valence-electron chi connectivity index (χ4n) is 3.03. The normalized spacial score (nSPS) is 16.6. The number of nitrogens with zero attached hydrogens (tertiary/aromatic N) is 2. The van der Waals surface area contributed by atoms with E-state index in [1.807, 2.05) is 4.68 Å². The van der Waals surface area contributed by atoms with E-state index in [0.717, 1.165) is 25.1 Å². The van der Waals surface area contributed by atoms with Gasteiger partial charge in [0.2, 0.25) is 0 Å². The molecule has 3 rings (SSSR count). The van der Waals surface area contributed by atoms with Crippen molar-refractivity contribution in [3.8, 4) is 0 Å². The molecule has 0 fully saturated rings. The van der Waals surface area contributed by atoms with Gasteiger partial charge in [-0.2, -0.15) is 5.10 Å². The molecule has 0 spiro atoms. The molecule has 0 radical (unpaired) electrons. The summed E-state index contributed by atoms with van der Waals surface area (Å²) >= 11 is 6.24. The van der Waals surface area contributed by atoms with Gasteiger partial charge >= 0.3 is 0 Å². The fourth-order valence-corrected chi connectivity index (χ4v) is 3.29. The Kier molecular flexibility index (Phi) is 3.33. The number of aromatic nitrogens is 2. The first-order chi connectivity index (χ1) is 9.20. The molecule has 2 N–H and O–H groups in total. The first-order valence-electron chi connectivity index (χ1n) is 6.74. The van der Waals surface area contributed by atoms with Crippen molar-refractivity contribution in [3.05, 3.63) is 52.3 Å². The number of halogens is 1. The van der Waals surface area contributed by atoms with Crippen molar-refractivity contribution in [1.29, 1.82) is 0 Å². The summed E-state index contributed by atoms with van der Waals surface area (Å²) < 4.78 is 1.91. The summed E-state index contributed by atoms with van der Waals surface area (Å²) in [6.07, 6.45) is 3.76. The zero-order valence-electron chi connectivity index (χ0n) is 11.0. The minimum atomic E-state index is -0.0534. The van der Waals surface area contributed by atoms with Crippen molar-refractivity contribution in [2.24, 2.45) is 11.7 Å². The second-order valence-corrected chi connectivity index (χ2v) is 5.56. The maximum atomic E-state index is 6.46. The smallest absolute Gasteiger partial charge is 0.0834 e. The Morgan fingerprint density at radius 2 is 2.00 bits per heavy atom. The van der Waals surface area contributed by atoms with E-state index in [4.69, 9.17) is 17.3 Å². The molecule has 1 aliphatic rings. The summed E-state index contributed by atoms with van der Waals surface area (Å²) in [6.45, 7) is 2.86. The van der Waals surface area contributed by atoms with Crippen LogP contribution < -0.4 is 5.73 Å². The Balaban J connectivity index is 1.87. The zero-order valence-corrected chi connectivity index (χ0v) is 11.8. The second-order valence-electron chi connectivity index (χ2n) is 5.16. The predicted molar refractivity (Wildman–Crippen MR) is 77.2 cm³/mol. The Labute approximate surface area is 118 Å². The standard InChI is InChI=1S/C15H18ClN3/c1-2-19-15(13(16)9-18-19)14(17)12-7-10-5-3-4-6-11(10)8-12/h3-6,9,12,14H,2,7-8,17H2,1H3. The highest BCUT2D eigenvalue weighted by Gasteiger charge is 2.30. The van der Waals surface area contributed by atoms with E-state index in [0.29, 0.717) is 10.9 Å². The van der Waals surface area contributed by atoms with Crippen LogP contribution in [0.5, 0.6) is 0 Å². The van der Waals surface area contributed by atoms with Gasteiger partial charge in [-0.25, -0.2) is 0 Å². The molecular formula is C15H18ClN3. The number of nitrogens with two attached hydrogens (primary N) is 1. The number of aryl methyl sites for hydroxylation is 1. The van der Waals surface area contributed by atoms with Gasteiger partial charge in [0.15, 0.2) is 0 Å². The summed E-state index contributed by atoms with van der Waals surface area (Å²) in [6, 6.07) is 8.52. The number of hydrogen-bond acceptors (Lipinski definition) is 2. The summed E-state index contributed by atoms with van der Waals surface area (Å²) in [5.41, 5.74) is 10.3. The van der Waals surface area contributed by atoms with Gasteiger partial charge in [0.1, 0.15) is 0 Å². The molecular weight excluding hydrogens is 258 g/mol. The Morgan fingerprint density at radius 1 is 1.37 bits per heavy atom. The lowest BCUT2D eigenvalue weighted by Crippen LogP contribution is -2.25. The zero-order chi connectivity index (χ0) is 13.4. The van der Waals surface area contributed by atoms with Crippen LogP contribution in [0.3, 0.4) is 0 Å². The van der Waals surface area contributed by atoms with Gasteiger partial charge in [0.05, 0.1) is 23.0 Å². The molecule has 100 valence electrons. The lowest BCUT2D eigenvalue weighted by atomic mass is 9.94. The molecule has 0 saturated carbocycles. The van der Waals surface area contributed by atoms with Gasteiger partial charge < -0.3 is 5.73 Å². The van der Waals surface area contributed by atoms with E-state index in [-0.39, 0.29) is 6.04 Å². The third kappa shape index (κ3) is 2.17. The molecule has 1 aromatic heterocycles. The molecule has 1 aliphatic carbocycles. The molecule has 1 heterocycles. The number of rotatable bonds is 3. The van der Waals surface area contributed by atoms with Crippen LogP contribution in [0.25, 0.3) is 0 Å². The highest BCUT2D eigenvalue weighted by atomic mass is 35.5. The Hall–Kier alpha value is -1.32. The van der Waals surface area contributed by atoms with Gasteiger partial charge in [-0.3, -0.25) is 4.68 Å². The van der Waals surface area contributed by atoms with Gasteiger partial charge in [-0.05, 0) is 36.8 Å². The largest absolute Gasteiger partial charge is 0.322 e. The Morgan fingerprint density at radius 3 is 2.58 bits per heavy atom. The predicted octanol–water partition coefficient (Wildman–Crippen LogP) is 2.97. The van der Waals surface area contributed by atoms with Gasteiger partial charge in [0.25, 0.3) is 0 Å². The van der Waals surface area contributed by atoms with Crippen molar-refractivity contribution in [1.82, 2.24) is 9.78 Å². The molecule has 0 aliphatic heterocycles. The van der Waals surface area contributed by atoms with Crippen LogP contribution in [0, 0.1) is 5.92 Å². The average Bonchev–Trinajstić information content (AvgIpc) is 3.01. The van der Waals surface area contributed by atoms with Crippen LogP contribution in [-0.4, -0.2) is 9.78 Å². The molecule has 0 bridgehead atoms. The summed E-state index contributed by atoms with van der Waals surface area (Å²) in [4.78, 5) is 0. The van der Waals surface area contributed by atoms with Crippen LogP contribution >= 0.6 is 11.6 Å². The van der Waals surface area contributed by atoms with Crippen LogP contribution in [0.2, 0.25) is 5.02 Å². The molecule has 1 aromatic carbocycles. The second kappa shape index (κ2) is 4.99. The van der Waals surface area contributed by atoms with Crippen LogP contribution in [0.15, 0.2) is 30.5 Å². The SMILES string of the molecule is CCn1ncc(Cl)c1C(N)C1Cc2ccccc2C1. The van der Waals surface area contributed by atoms with Crippen molar-refractivity contribution in [3.63, 3.8) is 0 Å². The lowest BCUT2D eigenvalue weighted by Gasteiger charge is -2.20. The first kappa shape index (κ1) is 12.7. The van der Waals surface area contributed by atoms with E-state index in [2.05, 4.69) is 36.3 Å². The summed E-state index contributed by atoms with van der Waals surface area (Å²) in [5, 5.41) is 4.97. The highest BCUT2D eigenvalue weighted by molar-refractivity contribution is 6.31. The molecule has 2 aromatic rings. The highest BCUT2D eigenvalue weighted by Crippen LogP contribution is 2.36. The molecule has 1 atom stereocenters. The number of hydrogen-bond donors (Lipinski definition) is 1.